The zero-order chi connectivity index (χ0) is 15.9. The number of nitrogens with one attached hydrogen (secondary N) is 1. The predicted octanol–water partition coefficient (Wildman–Crippen LogP) is 1.06. The Labute approximate surface area is 126 Å². The molecule has 0 aliphatic heterocycles. The molecule has 2 N–H and O–H groups in total. The molecule has 1 unspecified atom stereocenters. The van der Waals surface area contributed by atoms with E-state index in [2.05, 4.69) is 5.32 Å². The lowest BCUT2D eigenvalue weighted by Gasteiger charge is -2.27. The molecule has 118 valence electrons. The molecule has 5 heteroatoms. The maximum Gasteiger partial charge on any atom is 0.220 e. The number of benzene rings is 1. The van der Waals surface area contributed by atoms with E-state index in [1.165, 1.54) is 0 Å². The summed E-state index contributed by atoms with van der Waals surface area (Å²) in [6, 6.07) is 7.68. The number of aliphatic hydroxyl groups is 1. The summed E-state index contributed by atoms with van der Waals surface area (Å²) >= 11 is 0. The van der Waals surface area contributed by atoms with Crippen LogP contribution < -0.4 is 10.1 Å². The van der Waals surface area contributed by atoms with Crippen LogP contribution in [0.4, 0.5) is 0 Å². The van der Waals surface area contributed by atoms with Crippen molar-refractivity contribution in [2.24, 2.45) is 0 Å². The summed E-state index contributed by atoms with van der Waals surface area (Å²) in [6.07, 6.45) is 1.05. The average molecular weight is 294 g/mol. The van der Waals surface area contributed by atoms with Gasteiger partial charge in [-0.25, -0.2) is 0 Å². The number of methoxy groups -OCH3 is 1. The van der Waals surface area contributed by atoms with Crippen LogP contribution in [0.3, 0.4) is 0 Å². The minimum atomic E-state index is -0.922. The summed E-state index contributed by atoms with van der Waals surface area (Å²) in [7, 11) is 5.40. The van der Waals surface area contributed by atoms with Crippen molar-refractivity contribution in [3.05, 3.63) is 29.8 Å². The smallest absolute Gasteiger partial charge is 0.220 e. The van der Waals surface area contributed by atoms with E-state index in [-0.39, 0.29) is 12.5 Å². The van der Waals surface area contributed by atoms with Gasteiger partial charge in [0.2, 0.25) is 5.91 Å². The van der Waals surface area contributed by atoms with Gasteiger partial charge in [-0.2, -0.15) is 0 Å². The number of carbonyl (C=O) groups excluding carboxylic acids is 1. The molecule has 0 fully saturated rings. The molecule has 0 aliphatic rings. The number of carbonyl (C=O) groups is 1. The highest BCUT2D eigenvalue weighted by Gasteiger charge is 2.21. The fourth-order valence-electron chi connectivity index (χ4n) is 2.20. The molecule has 1 aromatic carbocycles. The normalized spacial score (nSPS) is 13.8. The Kier molecular flexibility index (Phi) is 6.65. The van der Waals surface area contributed by atoms with Crippen molar-refractivity contribution in [3.8, 4) is 5.75 Å². The van der Waals surface area contributed by atoms with Gasteiger partial charge in [0.1, 0.15) is 5.75 Å². The SMILES string of the molecule is COc1cccc(CCC(=O)NCC(C)(O)CN(C)C)c1. The second-order valence-electron chi connectivity index (χ2n) is 5.86. The Morgan fingerprint density at radius 1 is 1.43 bits per heavy atom. The van der Waals surface area contributed by atoms with Gasteiger partial charge in [-0.3, -0.25) is 4.79 Å². The molecular weight excluding hydrogens is 268 g/mol. The van der Waals surface area contributed by atoms with Crippen LogP contribution in [0, 0.1) is 0 Å². The molecule has 1 rings (SSSR count). The quantitative estimate of drug-likeness (QED) is 0.752. The van der Waals surface area contributed by atoms with E-state index in [0.29, 0.717) is 19.4 Å². The Hall–Kier alpha value is -1.59. The number of hydrogen-bond acceptors (Lipinski definition) is 4. The lowest BCUT2D eigenvalue weighted by atomic mass is 10.1. The van der Waals surface area contributed by atoms with Crippen molar-refractivity contribution < 1.29 is 14.6 Å². The first-order chi connectivity index (χ1) is 9.82. The number of amides is 1. The molecule has 0 aromatic heterocycles. The molecule has 0 saturated heterocycles. The van der Waals surface area contributed by atoms with Crippen LogP contribution in [0.1, 0.15) is 18.9 Å². The molecule has 21 heavy (non-hydrogen) atoms. The van der Waals surface area contributed by atoms with Gasteiger partial charge < -0.3 is 20.1 Å². The third-order valence-corrected chi connectivity index (χ3v) is 3.10. The van der Waals surface area contributed by atoms with E-state index >= 15 is 0 Å². The standard InChI is InChI=1S/C16H26N2O3/c1-16(20,12-18(2)3)11-17-15(19)9-8-13-6-5-7-14(10-13)21-4/h5-7,10,20H,8-9,11-12H2,1-4H3,(H,17,19). The van der Waals surface area contributed by atoms with E-state index in [1.54, 1.807) is 14.0 Å². The van der Waals surface area contributed by atoms with Crippen LogP contribution in [0.2, 0.25) is 0 Å². The van der Waals surface area contributed by atoms with E-state index in [0.717, 1.165) is 11.3 Å². The second-order valence-corrected chi connectivity index (χ2v) is 5.86. The van der Waals surface area contributed by atoms with Crippen LogP contribution >= 0.6 is 0 Å². The van der Waals surface area contributed by atoms with Gasteiger partial charge in [-0.1, -0.05) is 12.1 Å². The first-order valence-corrected chi connectivity index (χ1v) is 7.09. The molecule has 0 heterocycles. The predicted molar refractivity (Wildman–Crippen MR) is 83.5 cm³/mol. The Morgan fingerprint density at radius 3 is 2.76 bits per heavy atom. The number of likely N-dealkylation sites (N-methyl/N-ethyl adjacent to an activating group) is 1. The Balaban J connectivity index is 2.37. The molecule has 1 aromatic rings. The number of aryl methyl sites for hydroxylation is 1. The number of ether oxygens (including phenoxy) is 1. The summed E-state index contributed by atoms with van der Waals surface area (Å²) in [5, 5.41) is 12.9. The molecule has 1 amide bonds. The van der Waals surface area contributed by atoms with Gasteiger partial charge in [0, 0.05) is 19.5 Å². The molecule has 0 saturated carbocycles. The topological polar surface area (TPSA) is 61.8 Å². The van der Waals surface area contributed by atoms with Crippen molar-refractivity contribution in [2.75, 3.05) is 34.3 Å². The first-order valence-electron chi connectivity index (χ1n) is 7.09. The fourth-order valence-corrected chi connectivity index (χ4v) is 2.20. The zero-order valence-electron chi connectivity index (χ0n) is 13.3. The summed E-state index contributed by atoms with van der Waals surface area (Å²) in [4.78, 5) is 13.7. The van der Waals surface area contributed by atoms with Crippen molar-refractivity contribution in [1.82, 2.24) is 10.2 Å². The van der Waals surface area contributed by atoms with Crippen LogP contribution in [0.15, 0.2) is 24.3 Å². The molecule has 5 nitrogen and oxygen atoms in total. The average Bonchev–Trinajstić information content (AvgIpc) is 2.42. The summed E-state index contributed by atoms with van der Waals surface area (Å²) < 4.78 is 5.15. The van der Waals surface area contributed by atoms with Gasteiger partial charge in [-0.15, -0.1) is 0 Å². The summed E-state index contributed by atoms with van der Waals surface area (Å²) in [5.74, 6) is 0.735. The van der Waals surface area contributed by atoms with Crippen molar-refractivity contribution >= 4 is 5.91 Å². The molecule has 0 spiro atoms. The molecule has 1 atom stereocenters. The van der Waals surface area contributed by atoms with Gasteiger partial charge >= 0.3 is 0 Å². The maximum absolute atomic E-state index is 11.8. The summed E-state index contributed by atoms with van der Waals surface area (Å²) in [6.45, 7) is 2.47. The van der Waals surface area contributed by atoms with Crippen LogP contribution in [0.25, 0.3) is 0 Å². The second kappa shape index (κ2) is 8.00. The van der Waals surface area contributed by atoms with Crippen molar-refractivity contribution in [3.63, 3.8) is 0 Å². The van der Waals surface area contributed by atoms with E-state index < -0.39 is 5.60 Å². The largest absolute Gasteiger partial charge is 0.497 e. The minimum absolute atomic E-state index is 0.0585. The molecule has 0 aliphatic carbocycles. The highest BCUT2D eigenvalue weighted by molar-refractivity contribution is 5.76. The third kappa shape index (κ3) is 7.11. The van der Waals surface area contributed by atoms with Gasteiger partial charge in [0.05, 0.1) is 12.7 Å². The maximum atomic E-state index is 11.8. The fraction of sp³-hybridized carbons (Fsp3) is 0.562. The summed E-state index contributed by atoms with van der Waals surface area (Å²) in [5.41, 5.74) is 0.138. The first kappa shape index (κ1) is 17.5. The Bertz CT molecular complexity index is 459. The van der Waals surface area contributed by atoms with Crippen molar-refractivity contribution in [1.29, 1.82) is 0 Å². The lowest BCUT2D eigenvalue weighted by molar-refractivity contribution is -0.122. The highest BCUT2D eigenvalue weighted by atomic mass is 16.5. The molecular formula is C16H26N2O3. The van der Waals surface area contributed by atoms with Crippen molar-refractivity contribution in [2.45, 2.75) is 25.4 Å². The number of rotatable bonds is 8. The van der Waals surface area contributed by atoms with Gasteiger partial charge in [0.25, 0.3) is 0 Å². The van der Waals surface area contributed by atoms with E-state index in [1.807, 2.05) is 43.3 Å². The molecule has 0 bridgehead atoms. The van der Waals surface area contributed by atoms with Crippen LogP contribution in [0.5, 0.6) is 5.75 Å². The van der Waals surface area contributed by atoms with Crippen LogP contribution in [-0.4, -0.2) is 55.8 Å². The van der Waals surface area contributed by atoms with E-state index in [9.17, 15) is 9.90 Å². The molecule has 0 radical (unpaired) electrons. The number of nitrogens with zero attached hydrogens (tertiary/aromatic N) is 1. The van der Waals surface area contributed by atoms with E-state index in [4.69, 9.17) is 4.74 Å². The Morgan fingerprint density at radius 2 is 2.14 bits per heavy atom. The minimum Gasteiger partial charge on any atom is -0.497 e. The zero-order valence-corrected chi connectivity index (χ0v) is 13.3. The highest BCUT2D eigenvalue weighted by Crippen LogP contribution is 2.13. The van der Waals surface area contributed by atoms with Gasteiger partial charge in [-0.05, 0) is 45.1 Å². The monoisotopic (exact) mass is 294 g/mol. The van der Waals surface area contributed by atoms with Crippen LogP contribution in [-0.2, 0) is 11.2 Å². The third-order valence-electron chi connectivity index (χ3n) is 3.10. The lowest BCUT2D eigenvalue weighted by Crippen LogP contribution is -2.47. The number of hydrogen-bond donors (Lipinski definition) is 2. The van der Waals surface area contributed by atoms with Gasteiger partial charge in [0.15, 0.2) is 0 Å².